The van der Waals surface area contributed by atoms with Gasteiger partial charge in [-0.15, -0.1) is 11.3 Å². The number of benzene rings is 1. The van der Waals surface area contributed by atoms with Crippen LogP contribution in [0.5, 0.6) is 0 Å². The number of anilines is 1. The van der Waals surface area contributed by atoms with Gasteiger partial charge in [0.05, 0.1) is 17.0 Å². The minimum atomic E-state index is -0.664. The molecular weight excluding hydrogens is 364 g/mol. The minimum absolute atomic E-state index is 0.119. The molecular formula is C20H18N2O4S. The zero-order valence-electron chi connectivity index (χ0n) is 15.2. The van der Waals surface area contributed by atoms with Crippen LogP contribution in [-0.2, 0) is 9.53 Å². The summed E-state index contributed by atoms with van der Waals surface area (Å²) in [5.41, 5.74) is 1.16. The molecule has 0 saturated carbocycles. The number of carbonyl (C=O) groups excluding carboxylic acids is 3. The topological polar surface area (TPSA) is 96.3 Å². The third-order valence-corrected chi connectivity index (χ3v) is 4.96. The van der Waals surface area contributed by atoms with E-state index in [2.05, 4.69) is 5.32 Å². The molecule has 0 atom stereocenters. The van der Waals surface area contributed by atoms with E-state index in [1.165, 1.54) is 13.0 Å². The van der Waals surface area contributed by atoms with Crippen molar-refractivity contribution in [2.45, 2.75) is 20.8 Å². The highest BCUT2D eigenvalue weighted by atomic mass is 32.1. The summed E-state index contributed by atoms with van der Waals surface area (Å²) in [5, 5.41) is 12.1. The van der Waals surface area contributed by atoms with Crippen LogP contribution in [0.1, 0.15) is 45.0 Å². The average Bonchev–Trinajstić information content (AvgIpc) is 2.97. The summed E-state index contributed by atoms with van der Waals surface area (Å²) in [7, 11) is 0. The molecule has 2 rings (SSSR count). The number of hydrogen-bond acceptors (Lipinski definition) is 6. The summed E-state index contributed by atoms with van der Waals surface area (Å²) in [6, 6.07) is 10.8. The maximum absolute atomic E-state index is 12.5. The minimum Gasteiger partial charge on any atom is -0.462 e. The highest BCUT2D eigenvalue weighted by Gasteiger charge is 2.25. The molecule has 138 valence electrons. The van der Waals surface area contributed by atoms with Crippen LogP contribution in [0, 0.1) is 18.3 Å². The lowest BCUT2D eigenvalue weighted by Gasteiger charge is -2.06. The number of hydrogen-bond donors (Lipinski definition) is 1. The molecule has 1 amide bonds. The second-order valence-corrected chi connectivity index (χ2v) is 6.59. The Bertz CT molecular complexity index is 952. The van der Waals surface area contributed by atoms with Gasteiger partial charge in [0.2, 0.25) is 0 Å². The number of rotatable bonds is 6. The quantitative estimate of drug-likeness (QED) is 0.353. The Labute approximate surface area is 161 Å². The Hall–Kier alpha value is -3.24. The molecule has 0 bridgehead atoms. The molecule has 1 aromatic heterocycles. The standard InChI is InChI=1S/C20H18N2O4S/c1-4-26-20(25)16-12(2)17(13(3)23)27-19(16)22-18(24)15(11-21)10-14-8-6-5-7-9-14/h5-10H,4H2,1-3H3,(H,22,24). The Kier molecular flexibility index (Phi) is 6.63. The SMILES string of the molecule is CCOC(=O)c1c(NC(=O)C(C#N)=Cc2ccccc2)sc(C(C)=O)c1C. The summed E-state index contributed by atoms with van der Waals surface area (Å²) < 4.78 is 5.03. The van der Waals surface area contributed by atoms with E-state index in [9.17, 15) is 19.6 Å². The molecule has 0 unspecified atom stereocenters. The lowest BCUT2D eigenvalue weighted by molar-refractivity contribution is -0.112. The highest BCUT2D eigenvalue weighted by Crippen LogP contribution is 2.34. The molecule has 7 heteroatoms. The van der Waals surface area contributed by atoms with Crippen molar-refractivity contribution < 1.29 is 19.1 Å². The van der Waals surface area contributed by atoms with Gasteiger partial charge in [-0.3, -0.25) is 9.59 Å². The molecule has 0 radical (unpaired) electrons. The number of nitrogens with zero attached hydrogens (tertiary/aromatic N) is 1. The molecule has 0 aliphatic rings. The smallest absolute Gasteiger partial charge is 0.341 e. The van der Waals surface area contributed by atoms with Crippen molar-refractivity contribution in [1.82, 2.24) is 0 Å². The predicted octanol–water partition coefficient (Wildman–Crippen LogP) is 3.98. The van der Waals surface area contributed by atoms with E-state index in [1.54, 1.807) is 38.1 Å². The first-order valence-corrected chi connectivity index (χ1v) is 9.00. The molecule has 27 heavy (non-hydrogen) atoms. The zero-order valence-corrected chi connectivity index (χ0v) is 16.0. The first-order chi connectivity index (χ1) is 12.9. The molecule has 6 nitrogen and oxygen atoms in total. The van der Waals surface area contributed by atoms with E-state index in [0.29, 0.717) is 16.0 Å². The number of thiophene rings is 1. The van der Waals surface area contributed by atoms with Crippen molar-refractivity contribution in [2.24, 2.45) is 0 Å². The second-order valence-electron chi connectivity index (χ2n) is 5.57. The van der Waals surface area contributed by atoms with Gasteiger partial charge in [-0.05, 0) is 38.0 Å². The molecule has 1 N–H and O–H groups in total. The Morgan fingerprint density at radius 1 is 1.26 bits per heavy atom. The maximum atomic E-state index is 12.5. The van der Waals surface area contributed by atoms with Crippen LogP contribution in [0.15, 0.2) is 35.9 Å². The fourth-order valence-electron chi connectivity index (χ4n) is 2.42. The summed E-state index contributed by atoms with van der Waals surface area (Å²) in [6.07, 6.45) is 1.45. The summed E-state index contributed by atoms with van der Waals surface area (Å²) >= 11 is 0.992. The van der Waals surface area contributed by atoms with Gasteiger partial charge in [-0.25, -0.2) is 4.79 Å². The fraction of sp³-hybridized carbons (Fsp3) is 0.200. The van der Waals surface area contributed by atoms with Gasteiger partial charge in [-0.1, -0.05) is 30.3 Å². The summed E-state index contributed by atoms with van der Waals surface area (Å²) in [5.74, 6) is -1.51. The zero-order chi connectivity index (χ0) is 20.0. The maximum Gasteiger partial charge on any atom is 0.341 e. The van der Waals surface area contributed by atoms with E-state index < -0.39 is 11.9 Å². The average molecular weight is 382 g/mol. The second kappa shape index (κ2) is 8.92. The van der Waals surface area contributed by atoms with Crippen LogP contribution in [-0.4, -0.2) is 24.3 Å². The van der Waals surface area contributed by atoms with Crippen LogP contribution in [0.2, 0.25) is 0 Å². The van der Waals surface area contributed by atoms with Gasteiger partial charge in [0.25, 0.3) is 5.91 Å². The molecule has 0 fully saturated rings. The van der Waals surface area contributed by atoms with Gasteiger partial charge in [0.1, 0.15) is 16.6 Å². The van der Waals surface area contributed by atoms with Crippen molar-refractivity contribution in [1.29, 1.82) is 5.26 Å². The van der Waals surface area contributed by atoms with Gasteiger partial charge < -0.3 is 10.1 Å². The molecule has 0 saturated heterocycles. The van der Waals surface area contributed by atoms with Crippen molar-refractivity contribution in [3.8, 4) is 6.07 Å². The molecule has 1 heterocycles. The Morgan fingerprint density at radius 3 is 2.48 bits per heavy atom. The van der Waals surface area contributed by atoms with Gasteiger partial charge in [0, 0.05) is 0 Å². The number of nitriles is 1. The number of ether oxygens (including phenoxy) is 1. The van der Waals surface area contributed by atoms with E-state index >= 15 is 0 Å². The first-order valence-electron chi connectivity index (χ1n) is 8.18. The normalized spacial score (nSPS) is 10.8. The first kappa shape index (κ1) is 20.1. The molecule has 0 aliphatic heterocycles. The van der Waals surface area contributed by atoms with E-state index in [-0.39, 0.29) is 28.5 Å². The fourth-order valence-corrected chi connectivity index (χ4v) is 3.51. The molecule has 0 aliphatic carbocycles. The number of ketones is 1. The van der Waals surface area contributed by atoms with Crippen molar-refractivity contribution in [3.05, 3.63) is 57.5 Å². The third-order valence-electron chi connectivity index (χ3n) is 3.65. The molecule has 0 spiro atoms. The van der Waals surface area contributed by atoms with E-state index in [1.807, 2.05) is 12.1 Å². The molecule has 1 aromatic carbocycles. The van der Waals surface area contributed by atoms with Crippen LogP contribution < -0.4 is 5.32 Å². The van der Waals surface area contributed by atoms with Gasteiger partial charge in [-0.2, -0.15) is 5.26 Å². The summed E-state index contributed by atoms with van der Waals surface area (Å²) in [4.78, 5) is 37.0. The van der Waals surface area contributed by atoms with Crippen LogP contribution in [0.4, 0.5) is 5.00 Å². The number of Topliss-reactive ketones (excluding diaryl/α,β-unsaturated/α-hetero) is 1. The predicted molar refractivity (Wildman–Crippen MR) is 104 cm³/mol. The van der Waals surface area contributed by atoms with Crippen molar-refractivity contribution in [3.63, 3.8) is 0 Å². The number of carbonyl (C=O) groups is 3. The third kappa shape index (κ3) is 4.68. The number of nitrogens with one attached hydrogen (secondary N) is 1. The molecule has 2 aromatic rings. The van der Waals surface area contributed by atoms with Gasteiger partial charge in [0.15, 0.2) is 5.78 Å². The number of esters is 1. The van der Waals surface area contributed by atoms with Crippen molar-refractivity contribution >= 4 is 40.1 Å². The van der Waals surface area contributed by atoms with Crippen LogP contribution in [0.3, 0.4) is 0 Å². The lowest BCUT2D eigenvalue weighted by Crippen LogP contribution is -2.16. The lowest BCUT2D eigenvalue weighted by atomic mass is 10.1. The number of amides is 1. The van der Waals surface area contributed by atoms with Crippen LogP contribution in [0.25, 0.3) is 6.08 Å². The Balaban J connectivity index is 2.40. The van der Waals surface area contributed by atoms with E-state index in [0.717, 1.165) is 11.3 Å². The van der Waals surface area contributed by atoms with Crippen LogP contribution >= 0.6 is 11.3 Å². The van der Waals surface area contributed by atoms with Crippen molar-refractivity contribution in [2.75, 3.05) is 11.9 Å². The van der Waals surface area contributed by atoms with E-state index in [4.69, 9.17) is 4.74 Å². The Morgan fingerprint density at radius 2 is 1.93 bits per heavy atom. The largest absolute Gasteiger partial charge is 0.462 e. The monoisotopic (exact) mass is 382 g/mol. The highest BCUT2D eigenvalue weighted by molar-refractivity contribution is 7.18. The van der Waals surface area contributed by atoms with Gasteiger partial charge >= 0.3 is 5.97 Å². The summed E-state index contributed by atoms with van der Waals surface area (Å²) in [6.45, 7) is 4.84.